The molecule has 94 valence electrons. The van der Waals surface area contributed by atoms with Gasteiger partial charge in [0.05, 0.1) is 0 Å². The first kappa shape index (κ1) is 11.9. The number of nitrogens with zero attached hydrogens (tertiary/aromatic N) is 1. The van der Waals surface area contributed by atoms with Gasteiger partial charge in [-0.1, -0.05) is 35.9 Å². The second-order valence-electron chi connectivity index (χ2n) is 4.03. The van der Waals surface area contributed by atoms with Gasteiger partial charge in [-0.05, 0) is 35.9 Å². The van der Waals surface area contributed by atoms with Crippen LogP contribution in [0.4, 0.5) is 4.39 Å². The fourth-order valence-electron chi connectivity index (χ4n) is 1.78. The maximum Gasteiger partial charge on any atom is 0.238 e. The van der Waals surface area contributed by atoms with Crippen LogP contribution >= 0.6 is 11.6 Å². The Hall–Kier alpha value is -2.13. The Bertz CT molecular complexity index is 730. The summed E-state index contributed by atoms with van der Waals surface area (Å²) < 4.78 is 18.6. The number of oxazole rings is 1. The van der Waals surface area contributed by atoms with E-state index in [0.29, 0.717) is 22.1 Å². The van der Waals surface area contributed by atoms with Gasteiger partial charge in [0, 0.05) is 0 Å². The zero-order valence-corrected chi connectivity index (χ0v) is 10.6. The van der Waals surface area contributed by atoms with E-state index in [-0.39, 0.29) is 5.82 Å². The SMILES string of the molecule is Fc1cccc(/C=C(\Cl)c2nc3ccccc3o2)c1. The summed E-state index contributed by atoms with van der Waals surface area (Å²) in [5.74, 6) is 0.0166. The summed E-state index contributed by atoms with van der Waals surface area (Å²) in [5.41, 5.74) is 2.07. The van der Waals surface area contributed by atoms with Gasteiger partial charge in [-0.2, -0.15) is 0 Å². The van der Waals surface area contributed by atoms with Crippen molar-refractivity contribution in [3.05, 3.63) is 65.8 Å². The van der Waals surface area contributed by atoms with Crippen molar-refractivity contribution in [3.8, 4) is 0 Å². The van der Waals surface area contributed by atoms with Crippen LogP contribution in [-0.4, -0.2) is 4.98 Å². The van der Waals surface area contributed by atoms with Crippen molar-refractivity contribution in [2.45, 2.75) is 0 Å². The first-order valence-corrected chi connectivity index (χ1v) is 6.09. The molecule has 3 aromatic rings. The molecule has 0 N–H and O–H groups in total. The van der Waals surface area contributed by atoms with Gasteiger partial charge in [-0.15, -0.1) is 0 Å². The van der Waals surface area contributed by atoms with E-state index in [9.17, 15) is 4.39 Å². The molecule has 0 saturated heterocycles. The molecule has 0 aliphatic rings. The summed E-state index contributed by atoms with van der Waals surface area (Å²) in [6.45, 7) is 0. The Balaban J connectivity index is 2.01. The summed E-state index contributed by atoms with van der Waals surface area (Å²) >= 11 is 6.15. The fourth-order valence-corrected chi connectivity index (χ4v) is 1.99. The molecular formula is C15H9ClFNO. The second-order valence-corrected chi connectivity index (χ2v) is 4.44. The van der Waals surface area contributed by atoms with E-state index in [4.69, 9.17) is 16.0 Å². The summed E-state index contributed by atoms with van der Waals surface area (Å²) in [6.07, 6.45) is 1.62. The Morgan fingerprint density at radius 1 is 1.16 bits per heavy atom. The highest BCUT2D eigenvalue weighted by Gasteiger charge is 2.08. The monoisotopic (exact) mass is 273 g/mol. The highest BCUT2D eigenvalue weighted by molar-refractivity contribution is 6.50. The lowest BCUT2D eigenvalue weighted by atomic mass is 10.2. The lowest BCUT2D eigenvalue weighted by Crippen LogP contribution is -1.79. The smallest absolute Gasteiger partial charge is 0.238 e. The molecule has 0 radical (unpaired) electrons. The second kappa shape index (κ2) is 4.86. The van der Waals surface area contributed by atoms with Gasteiger partial charge in [0.1, 0.15) is 16.4 Å². The molecule has 0 fully saturated rings. The first-order chi connectivity index (χ1) is 9.22. The van der Waals surface area contributed by atoms with Gasteiger partial charge in [0.15, 0.2) is 5.58 Å². The van der Waals surface area contributed by atoms with Crippen LogP contribution in [0.2, 0.25) is 0 Å². The van der Waals surface area contributed by atoms with Crippen LogP contribution in [0.5, 0.6) is 0 Å². The number of halogens is 2. The first-order valence-electron chi connectivity index (χ1n) is 5.71. The highest BCUT2D eigenvalue weighted by Crippen LogP contribution is 2.25. The number of rotatable bonds is 2. The predicted octanol–water partition coefficient (Wildman–Crippen LogP) is 4.70. The van der Waals surface area contributed by atoms with Gasteiger partial charge < -0.3 is 4.42 Å². The van der Waals surface area contributed by atoms with Crippen LogP contribution in [0, 0.1) is 5.82 Å². The van der Waals surface area contributed by atoms with Crippen LogP contribution < -0.4 is 0 Å². The van der Waals surface area contributed by atoms with E-state index in [2.05, 4.69) is 4.98 Å². The van der Waals surface area contributed by atoms with Gasteiger partial charge in [-0.3, -0.25) is 0 Å². The van der Waals surface area contributed by atoms with E-state index in [1.54, 1.807) is 18.2 Å². The average molecular weight is 274 g/mol. The summed E-state index contributed by atoms with van der Waals surface area (Å²) in [4.78, 5) is 4.27. The van der Waals surface area contributed by atoms with Gasteiger partial charge in [0.25, 0.3) is 0 Å². The minimum Gasteiger partial charge on any atom is -0.435 e. The van der Waals surface area contributed by atoms with Gasteiger partial charge >= 0.3 is 0 Å². The van der Waals surface area contributed by atoms with E-state index in [0.717, 1.165) is 5.52 Å². The maximum absolute atomic E-state index is 13.1. The number of fused-ring (bicyclic) bond motifs is 1. The average Bonchev–Trinajstić information content (AvgIpc) is 2.82. The third-order valence-electron chi connectivity index (χ3n) is 2.64. The molecule has 0 bridgehead atoms. The van der Waals surface area contributed by atoms with Crippen LogP contribution in [0.3, 0.4) is 0 Å². The molecule has 1 heterocycles. The highest BCUT2D eigenvalue weighted by atomic mass is 35.5. The summed E-state index contributed by atoms with van der Waals surface area (Å²) in [6, 6.07) is 13.6. The van der Waals surface area contributed by atoms with Crippen LogP contribution in [0.25, 0.3) is 22.2 Å². The molecule has 0 aliphatic heterocycles. The molecular weight excluding hydrogens is 265 g/mol. The lowest BCUT2D eigenvalue weighted by Gasteiger charge is -1.95. The zero-order chi connectivity index (χ0) is 13.2. The van der Waals surface area contributed by atoms with Gasteiger partial charge in [0.2, 0.25) is 5.89 Å². The van der Waals surface area contributed by atoms with E-state index in [1.807, 2.05) is 24.3 Å². The summed E-state index contributed by atoms with van der Waals surface area (Å²) in [5, 5.41) is 0.335. The standard InChI is InChI=1S/C15H9ClFNO/c16-12(9-10-4-3-5-11(17)8-10)15-18-13-6-1-2-7-14(13)19-15/h1-9H/b12-9-. The largest absolute Gasteiger partial charge is 0.435 e. The Morgan fingerprint density at radius 2 is 2.00 bits per heavy atom. The molecule has 0 saturated carbocycles. The van der Waals surface area contributed by atoms with Crippen molar-refractivity contribution in [1.82, 2.24) is 4.98 Å². The molecule has 4 heteroatoms. The normalized spacial score (nSPS) is 12.0. The number of para-hydroxylation sites is 2. The zero-order valence-electron chi connectivity index (χ0n) is 9.81. The third kappa shape index (κ3) is 2.51. The van der Waals surface area contributed by atoms with Crippen molar-refractivity contribution >= 4 is 33.8 Å². The van der Waals surface area contributed by atoms with Crippen LogP contribution in [0.1, 0.15) is 11.5 Å². The van der Waals surface area contributed by atoms with E-state index < -0.39 is 0 Å². The van der Waals surface area contributed by atoms with Gasteiger partial charge in [-0.25, -0.2) is 9.37 Å². The van der Waals surface area contributed by atoms with Crippen LogP contribution in [-0.2, 0) is 0 Å². The van der Waals surface area contributed by atoms with Crippen molar-refractivity contribution < 1.29 is 8.81 Å². The quantitative estimate of drug-likeness (QED) is 0.676. The number of hydrogen-bond donors (Lipinski definition) is 0. The predicted molar refractivity (Wildman–Crippen MR) is 74.1 cm³/mol. The Labute approximate surface area is 114 Å². The Kier molecular flexibility index (Phi) is 3.05. The number of benzene rings is 2. The third-order valence-corrected chi connectivity index (χ3v) is 2.91. The van der Waals surface area contributed by atoms with E-state index in [1.165, 1.54) is 12.1 Å². The molecule has 19 heavy (non-hydrogen) atoms. The molecule has 1 aromatic heterocycles. The summed E-state index contributed by atoms with van der Waals surface area (Å²) in [7, 11) is 0. The number of hydrogen-bond acceptors (Lipinski definition) is 2. The van der Waals surface area contributed by atoms with Crippen LogP contribution in [0.15, 0.2) is 52.9 Å². The maximum atomic E-state index is 13.1. The molecule has 2 nitrogen and oxygen atoms in total. The van der Waals surface area contributed by atoms with Crippen molar-refractivity contribution in [2.75, 3.05) is 0 Å². The Morgan fingerprint density at radius 3 is 2.79 bits per heavy atom. The molecule has 0 amide bonds. The molecule has 0 atom stereocenters. The van der Waals surface area contributed by atoms with Crippen molar-refractivity contribution in [3.63, 3.8) is 0 Å². The molecule has 0 aliphatic carbocycles. The van der Waals surface area contributed by atoms with Crippen molar-refractivity contribution in [1.29, 1.82) is 0 Å². The molecule has 0 unspecified atom stereocenters. The van der Waals surface area contributed by atoms with Crippen molar-refractivity contribution in [2.24, 2.45) is 0 Å². The van der Waals surface area contributed by atoms with E-state index >= 15 is 0 Å². The minimum absolute atomic E-state index is 0.309. The fraction of sp³-hybridized carbons (Fsp3) is 0. The topological polar surface area (TPSA) is 26.0 Å². The lowest BCUT2D eigenvalue weighted by molar-refractivity contribution is 0.588. The minimum atomic E-state index is -0.309. The molecule has 0 spiro atoms. The molecule has 3 rings (SSSR count). The number of aromatic nitrogens is 1. The molecule has 2 aromatic carbocycles.